The zero-order valence-corrected chi connectivity index (χ0v) is 13.3. The van der Waals surface area contributed by atoms with Gasteiger partial charge in [0.25, 0.3) is 0 Å². The summed E-state index contributed by atoms with van der Waals surface area (Å²) < 4.78 is 0. The number of benzene rings is 2. The molecule has 0 aliphatic carbocycles. The van der Waals surface area contributed by atoms with Crippen LogP contribution in [-0.4, -0.2) is 20.1 Å². The Bertz CT molecular complexity index is 702. The zero-order chi connectivity index (χ0) is 16.7. The summed E-state index contributed by atoms with van der Waals surface area (Å²) in [5, 5.41) is 14.5. The van der Waals surface area contributed by atoms with E-state index in [9.17, 15) is 4.79 Å². The summed E-state index contributed by atoms with van der Waals surface area (Å²) in [6.07, 6.45) is 0. The lowest BCUT2D eigenvalue weighted by atomic mass is 10.1. The average molecular weight is 308 g/mol. The van der Waals surface area contributed by atoms with Gasteiger partial charge in [0, 0.05) is 32.9 Å². The molecule has 118 valence electrons. The van der Waals surface area contributed by atoms with E-state index in [0.29, 0.717) is 18.7 Å². The molecule has 0 radical (unpaired) electrons. The van der Waals surface area contributed by atoms with Crippen molar-refractivity contribution in [2.75, 3.05) is 19.0 Å². The predicted molar refractivity (Wildman–Crippen MR) is 91.0 cm³/mol. The van der Waals surface area contributed by atoms with Gasteiger partial charge in [0.15, 0.2) is 0 Å². The van der Waals surface area contributed by atoms with Crippen molar-refractivity contribution in [1.29, 1.82) is 5.26 Å². The van der Waals surface area contributed by atoms with Crippen molar-refractivity contribution < 1.29 is 4.79 Å². The number of carbonyl (C=O) groups excluding carboxylic acids is 1. The molecular formula is C18H20N4O. The number of rotatable bonds is 5. The molecule has 0 saturated carbocycles. The Morgan fingerprint density at radius 1 is 1.04 bits per heavy atom. The van der Waals surface area contributed by atoms with E-state index < -0.39 is 0 Å². The van der Waals surface area contributed by atoms with Crippen molar-refractivity contribution in [2.24, 2.45) is 0 Å². The van der Waals surface area contributed by atoms with E-state index in [1.165, 1.54) is 0 Å². The molecular weight excluding hydrogens is 288 g/mol. The van der Waals surface area contributed by atoms with Crippen LogP contribution in [0, 0.1) is 11.3 Å². The molecule has 0 aromatic heterocycles. The van der Waals surface area contributed by atoms with Crippen LogP contribution >= 0.6 is 0 Å². The van der Waals surface area contributed by atoms with Crippen molar-refractivity contribution in [3.63, 3.8) is 0 Å². The quantitative estimate of drug-likeness (QED) is 0.892. The SMILES string of the molecule is CN(C)c1ccc(CNC(=O)NCc2cccc(C#N)c2)cc1. The Labute approximate surface area is 136 Å². The highest BCUT2D eigenvalue weighted by Gasteiger charge is 2.02. The highest BCUT2D eigenvalue weighted by Crippen LogP contribution is 2.11. The van der Waals surface area contributed by atoms with Crippen LogP contribution in [-0.2, 0) is 13.1 Å². The standard InChI is InChI=1S/C18H20N4O/c1-22(2)17-8-6-14(7-9-17)12-20-18(23)21-13-16-5-3-4-15(10-16)11-19/h3-10H,12-13H2,1-2H3,(H2,20,21,23). The third-order valence-corrected chi connectivity index (χ3v) is 3.41. The van der Waals surface area contributed by atoms with Crippen LogP contribution in [0.5, 0.6) is 0 Å². The van der Waals surface area contributed by atoms with Gasteiger partial charge in [-0.25, -0.2) is 4.79 Å². The van der Waals surface area contributed by atoms with Gasteiger partial charge in [-0.1, -0.05) is 24.3 Å². The topological polar surface area (TPSA) is 68.2 Å². The van der Waals surface area contributed by atoms with Gasteiger partial charge in [-0.15, -0.1) is 0 Å². The smallest absolute Gasteiger partial charge is 0.315 e. The minimum absolute atomic E-state index is 0.232. The van der Waals surface area contributed by atoms with Gasteiger partial charge >= 0.3 is 6.03 Å². The predicted octanol–water partition coefficient (Wildman–Crippen LogP) is 2.62. The van der Waals surface area contributed by atoms with Crippen LogP contribution in [0.3, 0.4) is 0 Å². The minimum atomic E-state index is -0.232. The fourth-order valence-electron chi connectivity index (χ4n) is 2.09. The molecule has 5 nitrogen and oxygen atoms in total. The number of hydrogen-bond acceptors (Lipinski definition) is 3. The molecule has 2 aromatic rings. The van der Waals surface area contributed by atoms with Crippen LogP contribution in [0.15, 0.2) is 48.5 Å². The van der Waals surface area contributed by atoms with Gasteiger partial charge in [-0.3, -0.25) is 0 Å². The van der Waals surface area contributed by atoms with Gasteiger partial charge < -0.3 is 15.5 Å². The fourth-order valence-corrected chi connectivity index (χ4v) is 2.09. The third kappa shape index (κ3) is 5.04. The third-order valence-electron chi connectivity index (χ3n) is 3.41. The lowest BCUT2D eigenvalue weighted by Crippen LogP contribution is -2.34. The van der Waals surface area contributed by atoms with E-state index in [4.69, 9.17) is 5.26 Å². The molecule has 2 rings (SSSR count). The van der Waals surface area contributed by atoms with Crippen molar-refractivity contribution in [3.05, 3.63) is 65.2 Å². The fraction of sp³-hybridized carbons (Fsp3) is 0.222. The lowest BCUT2D eigenvalue weighted by Gasteiger charge is -2.13. The number of nitrogens with zero attached hydrogens (tertiary/aromatic N) is 2. The maximum atomic E-state index is 11.8. The number of hydrogen-bond donors (Lipinski definition) is 2. The molecule has 0 aliphatic heterocycles. The number of amides is 2. The van der Waals surface area contributed by atoms with E-state index >= 15 is 0 Å². The Hall–Kier alpha value is -3.00. The summed E-state index contributed by atoms with van der Waals surface area (Å²) in [4.78, 5) is 13.9. The molecule has 5 heteroatoms. The summed E-state index contributed by atoms with van der Waals surface area (Å²) in [6, 6.07) is 17.0. The Morgan fingerprint density at radius 2 is 1.70 bits per heavy atom. The molecule has 0 fully saturated rings. The molecule has 2 N–H and O–H groups in total. The number of urea groups is 1. The highest BCUT2D eigenvalue weighted by atomic mass is 16.2. The number of anilines is 1. The minimum Gasteiger partial charge on any atom is -0.378 e. The second-order valence-electron chi connectivity index (χ2n) is 5.41. The summed E-state index contributed by atoms with van der Waals surface area (Å²) in [6.45, 7) is 0.860. The van der Waals surface area contributed by atoms with Gasteiger partial charge in [-0.2, -0.15) is 5.26 Å². The maximum absolute atomic E-state index is 11.8. The van der Waals surface area contributed by atoms with E-state index in [0.717, 1.165) is 16.8 Å². The van der Waals surface area contributed by atoms with Gasteiger partial charge in [0.2, 0.25) is 0 Å². The largest absolute Gasteiger partial charge is 0.378 e. The van der Waals surface area contributed by atoms with Crippen molar-refractivity contribution in [2.45, 2.75) is 13.1 Å². The second-order valence-corrected chi connectivity index (χ2v) is 5.41. The maximum Gasteiger partial charge on any atom is 0.315 e. The lowest BCUT2D eigenvalue weighted by molar-refractivity contribution is 0.240. The zero-order valence-electron chi connectivity index (χ0n) is 13.3. The number of carbonyl (C=O) groups is 1. The van der Waals surface area contributed by atoms with E-state index in [2.05, 4.69) is 16.7 Å². The molecule has 0 aliphatic rings. The van der Waals surface area contributed by atoms with Gasteiger partial charge in [0.05, 0.1) is 11.6 Å². The number of nitrogens with one attached hydrogen (secondary N) is 2. The molecule has 0 unspecified atom stereocenters. The van der Waals surface area contributed by atoms with E-state index in [1.807, 2.05) is 49.3 Å². The Kier molecular flexibility index (Phi) is 5.59. The van der Waals surface area contributed by atoms with Crippen molar-refractivity contribution in [1.82, 2.24) is 10.6 Å². The van der Waals surface area contributed by atoms with E-state index in [1.54, 1.807) is 18.2 Å². The normalized spacial score (nSPS) is 9.78. The summed E-state index contributed by atoms with van der Waals surface area (Å²) in [5.74, 6) is 0. The van der Waals surface area contributed by atoms with Crippen LogP contribution in [0.2, 0.25) is 0 Å². The summed E-state index contributed by atoms with van der Waals surface area (Å²) in [7, 11) is 3.98. The van der Waals surface area contributed by atoms with Crippen molar-refractivity contribution in [3.8, 4) is 6.07 Å². The average Bonchev–Trinajstić information content (AvgIpc) is 2.58. The summed E-state index contributed by atoms with van der Waals surface area (Å²) in [5.41, 5.74) is 3.65. The molecule has 2 amide bonds. The van der Waals surface area contributed by atoms with Crippen LogP contribution < -0.4 is 15.5 Å². The molecule has 0 heterocycles. The molecule has 0 spiro atoms. The molecule has 0 saturated heterocycles. The van der Waals surface area contributed by atoms with E-state index in [-0.39, 0.29) is 6.03 Å². The van der Waals surface area contributed by atoms with Crippen LogP contribution in [0.1, 0.15) is 16.7 Å². The highest BCUT2D eigenvalue weighted by molar-refractivity contribution is 5.73. The van der Waals surface area contributed by atoms with Crippen LogP contribution in [0.4, 0.5) is 10.5 Å². The number of nitriles is 1. The molecule has 23 heavy (non-hydrogen) atoms. The monoisotopic (exact) mass is 308 g/mol. The molecule has 0 bridgehead atoms. The second kappa shape index (κ2) is 7.85. The first kappa shape index (κ1) is 16.4. The first-order valence-electron chi connectivity index (χ1n) is 7.35. The Morgan fingerprint density at radius 3 is 2.30 bits per heavy atom. The molecule has 0 atom stereocenters. The van der Waals surface area contributed by atoms with Gasteiger partial charge in [0.1, 0.15) is 0 Å². The molecule has 2 aromatic carbocycles. The van der Waals surface area contributed by atoms with Crippen molar-refractivity contribution >= 4 is 11.7 Å². The van der Waals surface area contributed by atoms with Gasteiger partial charge in [-0.05, 0) is 35.4 Å². The summed E-state index contributed by atoms with van der Waals surface area (Å²) >= 11 is 0. The Balaban J connectivity index is 1.79. The first-order valence-corrected chi connectivity index (χ1v) is 7.35. The van der Waals surface area contributed by atoms with Crippen LogP contribution in [0.25, 0.3) is 0 Å². The first-order chi connectivity index (χ1) is 11.1.